The minimum absolute atomic E-state index is 0.192. The van der Waals surface area contributed by atoms with Crippen LogP contribution in [0.4, 0.5) is 0 Å². The Morgan fingerprint density at radius 2 is 1.46 bits per heavy atom. The third-order valence-electron chi connectivity index (χ3n) is 6.53. The van der Waals surface area contributed by atoms with Gasteiger partial charge in [0.15, 0.2) is 5.79 Å². The summed E-state index contributed by atoms with van der Waals surface area (Å²) in [5.74, 6) is 0.141. The summed E-state index contributed by atoms with van der Waals surface area (Å²) in [6.45, 7) is 6.59. The van der Waals surface area contributed by atoms with Crippen molar-refractivity contribution in [2.75, 3.05) is 0 Å². The molecule has 7 heteroatoms. The molecular weight excluding hydrogens is 444 g/mol. The van der Waals surface area contributed by atoms with Crippen molar-refractivity contribution in [1.29, 1.82) is 0 Å². The first-order valence-electron chi connectivity index (χ1n) is 12.1. The van der Waals surface area contributed by atoms with Crippen molar-refractivity contribution in [3.05, 3.63) is 89.5 Å². The van der Waals surface area contributed by atoms with Crippen LogP contribution in [0.2, 0.25) is 0 Å². The minimum atomic E-state index is -0.723. The molecule has 2 fully saturated rings. The zero-order chi connectivity index (χ0) is 24.4. The maximum absolute atomic E-state index is 11.2. The van der Waals surface area contributed by atoms with Crippen LogP contribution in [0.15, 0.2) is 72.8 Å². The first-order valence-corrected chi connectivity index (χ1v) is 12.1. The number of ether oxygens (including phenoxy) is 4. The van der Waals surface area contributed by atoms with Crippen LogP contribution in [0, 0.1) is 0 Å². The fourth-order valence-electron chi connectivity index (χ4n) is 4.92. The largest absolute Gasteiger partial charge is 0.473 e. The molecule has 0 bridgehead atoms. The fraction of sp³-hybridized carbons (Fsp3) is 0.393. The summed E-state index contributed by atoms with van der Waals surface area (Å²) in [5, 5.41) is 12.5. The summed E-state index contributed by atoms with van der Waals surface area (Å²) in [6, 6.07) is 22.9. The van der Waals surface area contributed by atoms with Gasteiger partial charge in [0.25, 0.3) is 0 Å². The van der Waals surface area contributed by atoms with Crippen LogP contribution in [0.1, 0.15) is 49.9 Å². The van der Waals surface area contributed by atoms with Gasteiger partial charge >= 0.3 is 0 Å². The van der Waals surface area contributed by atoms with E-state index in [1.165, 1.54) is 5.06 Å². The van der Waals surface area contributed by atoms with Gasteiger partial charge in [-0.3, -0.25) is 0 Å². The van der Waals surface area contributed by atoms with Crippen molar-refractivity contribution < 1.29 is 24.2 Å². The third-order valence-corrected chi connectivity index (χ3v) is 6.53. The van der Waals surface area contributed by atoms with E-state index in [0.717, 1.165) is 23.1 Å². The lowest BCUT2D eigenvalue weighted by Gasteiger charge is -2.30. The van der Waals surface area contributed by atoms with Crippen molar-refractivity contribution in [3.63, 3.8) is 0 Å². The van der Waals surface area contributed by atoms with E-state index in [2.05, 4.69) is 0 Å². The molecule has 0 amide bonds. The summed E-state index contributed by atoms with van der Waals surface area (Å²) in [5.41, 5.74) is 2.81. The molecule has 1 aromatic heterocycles. The second-order valence-corrected chi connectivity index (χ2v) is 9.46. The molecule has 3 heterocycles. The number of pyridine rings is 1. The summed E-state index contributed by atoms with van der Waals surface area (Å²) < 4.78 is 24.6. The average Bonchev–Trinajstić information content (AvgIpc) is 3.30. The van der Waals surface area contributed by atoms with Crippen molar-refractivity contribution in [3.8, 4) is 11.8 Å². The molecule has 1 N–H and O–H groups in total. The van der Waals surface area contributed by atoms with Crippen LogP contribution in [0.3, 0.4) is 0 Å². The molecule has 2 saturated heterocycles. The summed E-state index contributed by atoms with van der Waals surface area (Å²) >= 11 is 0. The Kier molecular flexibility index (Phi) is 6.75. The summed E-state index contributed by atoms with van der Waals surface area (Å²) in [6.07, 6.45) is 0.123. The van der Waals surface area contributed by atoms with Crippen LogP contribution >= 0.6 is 0 Å². The van der Waals surface area contributed by atoms with Gasteiger partial charge in [-0.05, 0) is 37.5 Å². The number of fused-ring (bicyclic) bond motifs is 1. The third kappa shape index (κ3) is 5.04. The molecule has 35 heavy (non-hydrogen) atoms. The summed E-state index contributed by atoms with van der Waals surface area (Å²) in [4.78, 5) is 4.70. The van der Waals surface area contributed by atoms with E-state index >= 15 is 0 Å². The van der Waals surface area contributed by atoms with Gasteiger partial charge in [-0.25, -0.2) is 0 Å². The Hall–Kier alpha value is -2.97. The van der Waals surface area contributed by atoms with Gasteiger partial charge in [-0.15, -0.1) is 0 Å². The molecule has 0 aliphatic carbocycles. The number of hydroxylamine groups is 2. The SMILES string of the molecule is CC[C@@H]1[C@H]2OC(C)(C)O[C@H]2[C@H](c2ccc(OCc3ccccc3)nc2OCc2ccccc2)N1O. The molecule has 0 saturated carbocycles. The van der Waals surface area contributed by atoms with E-state index in [-0.39, 0.29) is 18.2 Å². The first-order chi connectivity index (χ1) is 16.9. The van der Waals surface area contributed by atoms with Crippen LogP contribution < -0.4 is 9.47 Å². The van der Waals surface area contributed by atoms with Crippen LogP contribution in [-0.4, -0.2) is 39.3 Å². The highest BCUT2D eigenvalue weighted by Gasteiger charge is 2.58. The smallest absolute Gasteiger partial charge is 0.222 e. The summed E-state index contributed by atoms with van der Waals surface area (Å²) in [7, 11) is 0. The first kappa shape index (κ1) is 23.8. The molecule has 2 aliphatic rings. The highest BCUT2D eigenvalue weighted by atomic mass is 16.8. The quantitative estimate of drug-likeness (QED) is 0.474. The van der Waals surface area contributed by atoms with Crippen LogP contribution in [0.5, 0.6) is 11.8 Å². The molecule has 0 unspecified atom stereocenters. The van der Waals surface area contributed by atoms with Gasteiger partial charge in [-0.1, -0.05) is 67.6 Å². The standard InChI is InChI=1S/C28H32N2O5/c1-4-22-25-26(35-28(2,3)34-25)24(30(22)31)21-15-16-23(32-17-19-11-7-5-8-12-19)29-27(21)33-18-20-13-9-6-10-14-20/h5-16,22,24-26,31H,4,17-18H2,1-3H3/t22-,24+,25-,26+/m1/s1. The lowest BCUT2D eigenvalue weighted by molar-refractivity contribution is -0.217. The molecular formula is C28H32N2O5. The molecule has 0 radical (unpaired) electrons. The highest BCUT2D eigenvalue weighted by Crippen LogP contribution is 2.48. The molecule has 0 spiro atoms. The molecule has 2 aromatic carbocycles. The van der Waals surface area contributed by atoms with Gasteiger partial charge in [0, 0.05) is 11.6 Å². The lowest BCUT2D eigenvalue weighted by Crippen LogP contribution is -2.37. The number of hydrogen-bond acceptors (Lipinski definition) is 7. The Morgan fingerprint density at radius 3 is 2.09 bits per heavy atom. The van der Waals surface area contributed by atoms with Gasteiger partial charge in [0.2, 0.25) is 11.8 Å². The van der Waals surface area contributed by atoms with Crippen molar-refractivity contribution in [2.24, 2.45) is 0 Å². The van der Waals surface area contributed by atoms with E-state index in [9.17, 15) is 5.21 Å². The highest BCUT2D eigenvalue weighted by molar-refractivity contribution is 5.36. The second-order valence-electron chi connectivity index (χ2n) is 9.46. The number of nitrogens with zero attached hydrogens (tertiary/aromatic N) is 2. The Morgan fingerprint density at radius 1 is 0.857 bits per heavy atom. The van der Waals surface area contributed by atoms with Crippen LogP contribution in [-0.2, 0) is 22.7 Å². The predicted molar refractivity (Wildman–Crippen MR) is 130 cm³/mol. The number of aromatic nitrogens is 1. The maximum atomic E-state index is 11.2. The van der Waals surface area contributed by atoms with Gasteiger partial charge < -0.3 is 24.2 Å². The van der Waals surface area contributed by atoms with Gasteiger partial charge in [0.05, 0.1) is 12.1 Å². The van der Waals surface area contributed by atoms with E-state index in [1.807, 2.05) is 93.6 Å². The maximum Gasteiger partial charge on any atom is 0.222 e. The van der Waals surface area contributed by atoms with Crippen molar-refractivity contribution >= 4 is 0 Å². The number of hydrogen-bond donors (Lipinski definition) is 1. The Bertz CT molecular complexity index is 1120. The molecule has 5 rings (SSSR count). The van der Waals surface area contributed by atoms with E-state index < -0.39 is 11.8 Å². The fourth-order valence-corrected chi connectivity index (χ4v) is 4.92. The lowest BCUT2D eigenvalue weighted by atomic mass is 10.0. The average molecular weight is 477 g/mol. The predicted octanol–water partition coefficient (Wildman–Crippen LogP) is 5.28. The molecule has 3 aromatic rings. The van der Waals surface area contributed by atoms with Crippen molar-refractivity contribution in [2.45, 2.75) is 70.5 Å². The Labute approximate surface area is 206 Å². The van der Waals surface area contributed by atoms with Gasteiger partial charge in [-0.2, -0.15) is 10.0 Å². The molecule has 4 atom stereocenters. The number of rotatable bonds is 8. The minimum Gasteiger partial charge on any atom is -0.473 e. The van der Waals surface area contributed by atoms with E-state index in [0.29, 0.717) is 25.0 Å². The monoisotopic (exact) mass is 476 g/mol. The van der Waals surface area contributed by atoms with E-state index in [4.69, 9.17) is 23.9 Å². The second kappa shape index (κ2) is 9.95. The normalized spacial score (nSPS) is 25.4. The molecule has 7 nitrogen and oxygen atoms in total. The van der Waals surface area contributed by atoms with E-state index in [1.54, 1.807) is 0 Å². The molecule has 184 valence electrons. The van der Waals surface area contributed by atoms with Crippen LogP contribution in [0.25, 0.3) is 0 Å². The zero-order valence-electron chi connectivity index (χ0n) is 20.3. The Balaban J connectivity index is 1.45. The van der Waals surface area contributed by atoms with Crippen molar-refractivity contribution in [1.82, 2.24) is 10.0 Å². The van der Waals surface area contributed by atoms with Gasteiger partial charge in [0.1, 0.15) is 25.4 Å². The topological polar surface area (TPSA) is 73.3 Å². The zero-order valence-corrected chi connectivity index (χ0v) is 20.3. The molecule has 2 aliphatic heterocycles. The number of benzene rings is 2.